The lowest BCUT2D eigenvalue weighted by Gasteiger charge is -2.39. The third-order valence-corrected chi connectivity index (χ3v) is 4.31. The molecule has 126 valence electrons. The highest BCUT2D eigenvalue weighted by molar-refractivity contribution is 5.28. The molecule has 0 saturated heterocycles. The van der Waals surface area contributed by atoms with Crippen molar-refractivity contribution in [1.29, 1.82) is 0 Å². The first kappa shape index (κ1) is 19.0. The molecule has 2 rings (SSSR count). The fraction of sp³-hybridized carbons (Fsp3) is 0.684. The second-order valence-corrected chi connectivity index (χ2v) is 6.44. The fourth-order valence-corrected chi connectivity index (χ4v) is 3.25. The lowest BCUT2D eigenvalue weighted by molar-refractivity contribution is -0.0169. The Morgan fingerprint density at radius 3 is 1.86 bits per heavy atom. The van der Waals surface area contributed by atoms with Crippen LogP contribution < -0.4 is 0 Å². The fourth-order valence-electron chi connectivity index (χ4n) is 3.25. The number of phenols is 1. The van der Waals surface area contributed by atoms with Crippen molar-refractivity contribution < 1.29 is 14.6 Å². The van der Waals surface area contributed by atoms with Gasteiger partial charge in [0.25, 0.3) is 0 Å². The van der Waals surface area contributed by atoms with E-state index >= 15 is 0 Å². The van der Waals surface area contributed by atoms with Gasteiger partial charge in [-0.25, -0.2) is 0 Å². The molecule has 1 aromatic rings. The van der Waals surface area contributed by atoms with Crippen LogP contribution in [0, 0.1) is 5.41 Å². The molecule has 0 unspecified atom stereocenters. The van der Waals surface area contributed by atoms with Gasteiger partial charge in [0, 0.05) is 19.6 Å². The van der Waals surface area contributed by atoms with E-state index in [1.807, 2.05) is 12.1 Å². The summed E-state index contributed by atoms with van der Waals surface area (Å²) in [5.41, 5.74) is 1.53. The minimum Gasteiger partial charge on any atom is -0.508 e. The Hall–Kier alpha value is -1.06. The molecule has 1 N–H and O–H groups in total. The van der Waals surface area contributed by atoms with E-state index in [0.29, 0.717) is 11.7 Å². The Morgan fingerprint density at radius 2 is 1.45 bits per heavy atom. The van der Waals surface area contributed by atoms with Crippen LogP contribution in [0.25, 0.3) is 0 Å². The van der Waals surface area contributed by atoms with E-state index in [1.165, 1.54) is 12.0 Å². The quantitative estimate of drug-likeness (QED) is 0.853. The lowest BCUT2D eigenvalue weighted by atomic mass is 9.69. The smallest absolute Gasteiger partial charge is 0.115 e. The number of methoxy groups -OCH3 is 2. The third kappa shape index (κ3) is 5.62. The van der Waals surface area contributed by atoms with Crippen molar-refractivity contribution in [3.8, 4) is 5.75 Å². The summed E-state index contributed by atoms with van der Waals surface area (Å²) in [5, 5.41) is 9.35. The summed E-state index contributed by atoms with van der Waals surface area (Å²) in [6, 6.07) is 7.64. The maximum absolute atomic E-state index is 9.35. The first-order chi connectivity index (χ1) is 10.6. The van der Waals surface area contributed by atoms with E-state index in [-0.39, 0.29) is 5.41 Å². The Balaban J connectivity index is 0.000000745. The molecule has 1 aromatic carbocycles. The first-order valence-electron chi connectivity index (χ1n) is 8.37. The topological polar surface area (TPSA) is 38.7 Å². The third-order valence-electron chi connectivity index (χ3n) is 4.31. The van der Waals surface area contributed by atoms with E-state index in [0.717, 1.165) is 38.9 Å². The molecule has 0 heterocycles. The maximum Gasteiger partial charge on any atom is 0.115 e. The molecule has 0 spiro atoms. The summed E-state index contributed by atoms with van der Waals surface area (Å²) in [6.45, 7) is 5.81. The molecule has 0 aromatic heterocycles. The van der Waals surface area contributed by atoms with E-state index in [1.54, 1.807) is 26.4 Å². The second-order valence-electron chi connectivity index (χ2n) is 6.44. The van der Waals surface area contributed by atoms with Crippen LogP contribution >= 0.6 is 0 Å². The number of benzene rings is 1. The Kier molecular flexibility index (Phi) is 8.51. The Bertz CT molecular complexity index is 384. The van der Waals surface area contributed by atoms with Crippen LogP contribution in [0.15, 0.2) is 24.3 Å². The first-order valence-corrected chi connectivity index (χ1v) is 8.37. The van der Waals surface area contributed by atoms with Gasteiger partial charge in [0.2, 0.25) is 0 Å². The van der Waals surface area contributed by atoms with Crippen molar-refractivity contribution in [2.45, 2.75) is 51.9 Å². The average molecular weight is 308 g/mol. The number of ether oxygens (including phenoxy) is 2. The van der Waals surface area contributed by atoms with Gasteiger partial charge in [0.05, 0.1) is 13.2 Å². The van der Waals surface area contributed by atoms with Gasteiger partial charge in [0.15, 0.2) is 0 Å². The standard InChI is InChI=1S/C16H24O3.C3H8/c1-18-11-16(12-19-2)9-7-14(8-10-16)13-3-5-15(17)6-4-13;1-3-2/h3-6,14,17H,7-12H2,1-2H3;3H2,1-2H3. The highest BCUT2D eigenvalue weighted by atomic mass is 16.5. The molecule has 0 bridgehead atoms. The van der Waals surface area contributed by atoms with Crippen molar-refractivity contribution >= 4 is 0 Å². The van der Waals surface area contributed by atoms with E-state index < -0.39 is 0 Å². The average Bonchev–Trinajstić information content (AvgIpc) is 2.50. The maximum atomic E-state index is 9.35. The van der Waals surface area contributed by atoms with Gasteiger partial charge in [0.1, 0.15) is 5.75 Å². The summed E-state index contributed by atoms with van der Waals surface area (Å²) >= 11 is 0. The van der Waals surface area contributed by atoms with Crippen molar-refractivity contribution in [2.24, 2.45) is 5.41 Å². The zero-order chi connectivity index (χ0) is 16.4. The van der Waals surface area contributed by atoms with Gasteiger partial charge in [-0.15, -0.1) is 0 Å². The van der Waals surface area contributed by atoms with Crippen LogP contribution in [0.5, 0.6) is 5.75 Å². The Labute approximate surface area is 135 Å². The number of hydrogen-bond acceptors (Lipinski definition) is 3. The normalized spacial score (nSPS) is 17.6. The number of rotatable bonds is 5. The zero-order valence-corrected chi connectivity index (χ0v) is 14.6. The SMILES string of the molecule is CCC.COCC1(COC)CCC(c2ccc(O)cc2)CC1. The molecule has 0 amide bonds. The van der Waals surface area contributed by atoms with Crippen molar-refractivity contribution in [3.63, 3.8) is 0 Å². The summed E-state index contributed by atoms with van der Waals surface area (Å²) in [4.78, 5) is 0. The molecule has 3 nitrogen and oxygen atoms in total. The molecule has 1 aliphatic carbocycles. The van der Waals surface area contributed by atoms with Crippen LogP contribution in [0.3, 0.4) is 0 Å². The minimum atomic E-state index is 0.191. The number of phenolic OH excluding ortho intramolecular Hbond substituents is 1. The molecular weight excluding hydrogens is 276 g/mol. The van der Waals surface area contributed by atoms with E-state index in [2.05, 4.69) is 13.8 Å². The molecule has 1 fully saturated rings. The molecule has 22 heavy (non-hydrogen) atoms. The zero-order valence-electron chi connectivity index (χ0n) is 14.6. The number of aromatic hydroxyl groups is 1. The minimum absolute atomic E-state index is 0.191. The van der Waals surface area contributed by atoms with E-state index in [9.17, 15) is 5.11 Å². The molecule has 0 atom stereocenters. The summed E-state index contributed by atoms with van der Waals surface area (Å²) < 4.78 is 10.8. The summed E-state index contributed by atoms with van der Waals surface area (Å²) in [6.07, 6.45) is 5.86. The molecule has 0 radical (unpaired) electrons. The second kappa shape index (κ2) is 9.86. The predicted octanol–water partition coefficient (Wildman–Crippen LogP) is 4.75. The van der Waals surface area contributed by atoms with Crippen molar-refractivity contribution in [2.75, 3.05) is 27.4 Å². The number of hydrogen-bond donors (Lipinski definition) is 1. The molecule has 1 aliphatic rings. The van der Waals surface area contributed by atoms with Crippen LogP contribution in [0.1, 0.15) is 57.4 Å². The largest absolute Gasteiger partial charge is 0.508 e. The molecule has 0 aliphatic heterocycles. The summed E-state index contributed by atoms with van der Waals surface area (Å²) in [7, 11) is 3.53. The van der Waals surface area contributed by atoms with E-state index in [4.69, 9.17) is 9.47 Å². The van der Waals surface area contributed by atoms with Crippen LogP contribution in [-0.4, -0.2) is 32.5 Å². The molecule has 1 saturated carbocycles. The predicted molar refractivity (Wildman–Crippen MR) is 91.5 cm³/mol. The van der Waals surface area contributed by atoms with Crippen molar-refractivity contribution in [1.82, 2.24) is 0 Å². The van der Waals surface area contributed by atoms with Gasteiger partial charge in [-0.05, 0) is 49.3 Å². The van der Waals surface area contributed by atoms with Crippen LogP contribution in [0.4, 0.5) is 0 Å². The monoisotopic (exact) mass is 308 g/mol. The summed E-state index contributed by atoms with van der Waals surface area (Å²) in [5.74, 6) is 0.940. The molecular formula is C19H32O3. The van der Waals surface area contributed by atoms with Gasteiger partial charge in [-0.1, -0.05) is 32.4 Å². The van der Waals surface area contributed by atoms with Crippen LogP contribution in [-0.2, 0) is 9.47 Å². The lowest BCUT2D eigenvalue weighted by Crippen LogP contribution is -2.35. The van der Waals surface area contributed by atoms with Gasteiger partial charge in [-0.3, -0.25) is 0 Å². The van der Waals surface area contributed by atoms with Gasteiger partial charge in [-0.2, -0.15) is 0 Å². The van der Waals surface area contributed by atoms with Gasteiger partial charge < -0.3 is 14.6 Å². The van der Waals surface area contributed by atoms with Crippen molar-refractivity contribution in [3.05, 3.63) is 29.8 Å². The molecule has 3 heteroatoms. The highest BCUT2D eigenvalue weighted by Crippen LogP contribution is 2.43. The van der Waals surface area contributed by atoms with Gasteiger partial charge >= 0.3 is 0 Å². The highest BCUT2D eigenvalue weighted by Gasteiger charge is 2.35. The van der Waals surface area contributed by atoms with Crippen LogP contribution in [0.2, 0.25) is 0 Å². The Morgan fingerprint density at radius 1 is 1.00 bits per heavy atom.